The van der Waals surface area contributed by atoms with Crippen LogP contribution >= 0.6 is 0 Å². The summed E-state index contributed by atoms with van der Waals surface area (Å²) in [6, 6.07) is 15.0. The molecule has 0 fully saturated rings. The molecule has 0 heterocycles. The van der Waals surface area contributed by atoms with E-state index < -0.39 is 12.1 Å². The second-order valence-corrected chi connectivity index (χ2v) is 7.51. The Morgan fingerprint density at radius 1 is 1.04 bits per heavy atom. The van der Waals surface area contributed by atoms with Gasteiger partial charge in [0.1, 0.15) is 5.75 Å². The average molecular weight is 369 g/mol. The molecule has 0 saturated carbocycles. The van der Waals surface area contributed by atoms with Gasteiger partial charge in [0.15, 0.2) is 12.7 Å². The van der Waals surface area contributed by atoms with Gasteiger partial charge in [-0.2, -0.15) is 0 Å². The maximum absolute atomic E-state index is 12.1. The van der Waals surface area contributed by atoms with Crippen molar-refractivity contribution < 1.29 is 19.1 Å². The van der Waals surface area contributed by atoms with Crippen molar-refractivity contribution in [3.63, 3.8) is 0 Å². The second kappa shape index (κ2) is 8.71. The Labute approximate surface area is 160 Å². The van der Waals surface area contributed by atoms with E-state index in [-0.39, 0.29) is 17.9 Å². The third kappa shape index (κ3) is 6.13. The number of aryl methyl sites for hydroxylation is 1. The smallest absolute Gasteiger partial charge is 0.347 e. The highest BCUT2D eigenvalue weighted by atomic mass is 16.6. The van der Waals surface area contributed by atoms with Crippen molar-refractivity contribution in [3.8, 4) is 5.75 Å². The SMILES string of the molecule is Cc1ccccc1NC(=O)COC(=O)[C@H](C)Oc1ccc(C(C)(C)C)cc1. The zero-order chi connectivity index (χ0) is 20.0. The Morgan fingerprint density at radius 2 is 1.67 bits per heavy atom. The molecule has 0 aliphatic rings. The van der Waals surface area contributed by atoms with Crippen molar-refractivity contribution in [1.82, 2.24) is 0 Å². The van der Waals surface area contributed by atoms with E-state index in [1.165, 1.54) is 5.56 Å². The minimum absolute atomic E-state index is 0.0492. The number of hydrogen-bond donors (Lipinski definition) is 1. The van der Waals surface area contributed by atoms with Crippen molar-refractivity contribution in [1.29, 1.82) is 0 Å². The number of hydrogen-bond acceptors (Lipinski definition) is 4. The van der Waals surface area contributed by atoms with Crippen molar-refractivity contribution in [3.05, 3.63) is 59.7 Å². The molecule has 1 atom stereocenters. The molecular formula is C22H27NO4. The number of carbonyl (C=O) groups excluding carboxylic acids is 2. The Morgan fingerprint density at radius 3 is 2.26 bits per heavy atom. The van der Waals surface area contributed by atoms with Gasteiger partial charge in [-0.15, -0.1) is 0 Å². The molecule has 0 unspecified atom stereocenters. The second-order valence-electron chi connectivity index (χ2n) is 7.51. The van der Waals surface area contributed by atoms with E-state index in [0.29, 0.717) is 11.4 Å². The lowest BCUT2D eigenvalue weighted by Crippen LogP contribution is -2.29. The maximum Gasteiger partial charge on any atom is 0.347 e. The van der Waals surface area contributed by atoms with Gasteiger partial charge in [0.2, 0.25) is 0 Å². The summed E-state index contributed by atoms with van der Waals surface area (Å²) in [5.74, 6) is -0.397. The van der Waals surface area contributed by atoms with Crippen molar-refractivity contribution in [2.75, 3.05) is 11.9 Å². The molecule has 5 nitrogen and oxygen atoms in total. The van der Waals surface area contributed by atoms with E-state index in [4.69, 9.17) is 9.47 Å². The number of para-hydroxylation sites is 1. The first-order chi connectivity index (χ1) is 12.7. The third-order valence-corrected chi connectivity index (χ3v) is 4.13. The van der Waals surface area contributed by atoms with Gasteiger partial charge in [-0.1, -0.05) is 51.1 Å². The van der Waals surface area contributed by atoms with Gasteiger partial charge in [-0.25, -0.2) is 4.79 Å². The average Bonchev–Trinajstić information content (AvgIpc) is 2.61. The third-order valence-electron chi connectivity index (χ3n) is 4.13. The molecule has 5 heteroatoms. The molecule has 2 aromatic rings. The highest BCUT2D eigenvalue weighted by Gasteiger charge is 2.19. The molecule has 1 amide bonds. The lowest BCUT2D eigenvalue weighted by Gasteiger charge is -2.20. The molecule has 2 aromatic carbocycles. The quantitative estimate of drug-likeness (QED) is 0.774. The Bertz CT molecular complexity index is 791. The minimum atomic E-state index is -0.809. The molecule has 0 radical (unpaired) electrons. The number of benzene rings is 2. The van der Waals surface area contributed by atoms with Gasteiger partial charge >= 0.3 is 5.97 Å². The van der Waals surface area contributed by atoms with E-state index >= 15 is 0 Å². The first-order valence-corrected chi connectivity index (χ1v) is 8.96. The summed E-state index contributed by atoms with van der Waals surface area (Å²) in [5, 5.41) is 2.72. The van der Waals surface area contributed by atoms with Crippen molar-refractivity contribution in [2.45, 2.75) is 46.1 Å². The van der Waals surface area contributed by atoms with Crippen LogP contribution in [0.15, 0.2) is 48.5 Å². The summed E-state index contributed by atoms with van der Waals surface area (Å²) in [4.78, 5) is 24.0. The summed E-state index contributed by atoms with van der Waals surface area (Å²) < 4.78 is 10.7. The monoisotopic (exact) mass is 369 g/mol. The summed E-state index contributed by atoms with van der Waals surface area (Å²) in [5.41, 5.74) is 2.86. The number of esters is 1. The van der Waals surface area contributed by atoms with Crippen LogP contribution in [-0.2, 0) is 19.7 Å². The molecule has 0 saturated heterocycles. The topological polar surface area (TPSA) is 64.6 Å². The molecule has 0 aliphatic carbocycles. The van der Waals surface area contributed by atoms with Crippen LogP contribution in [0.2, 0.25) is 0 Å². The van der Waals surface area contributed by atoms with Crippen LogP contribution in [0.5, 0.6) is 5.75 Å². The van der Waals surface area contributed by atoms with Crippen LogP contribution in [0, 0.1) is 6.92 Å². The lowest BCUT2D eigenvalue weighted by molar-refractivity contribution is -0.153. The van der Waals surface area contributed by atoms with Gasteiger partial charge in [0.05, 0.1) is 0 Å². The van der Waals surface area contributed by atoms with Crippen molar-refractivity contribution >= 4 is 17.6 Å². The van der Waals surface area contributed by atoms with Crippen LogP contribution in [0.4, 0.5) is 5.69 Å². The van der Waals surface area contributed by atoms with Crippen LogP contribution in [0.3, 0.4) is 0 Å². The standard InChI is InChI=1S/C22H27NO4/c1-15-8-6-7-9-19(15)23-20(24)14-26-21(25)16(2)27-18-12-10-17(11-13-18)22(3,4)5/h6-13,16H,14H2,1-5H3,(H,23,24)/t16-/m0/s1. The first kappa shape index (κ1) is 20.5. The largest absolute Gasteiger partial charge is 0.479 e. The van der Waals surface area contributed by atoms with Crippen LogP contribution in [0.1, 0.15) is 38.8 Å². The molecule has 144 valence electrons. The number of amides is 1. The highest BCUT2D eigenvalue weighted by Crippen LogP contribution is 2.24. The lowest BCUT2D eigenvalue weighted by atomic mass is 9.87. The van der Waals surface area contributed by atoms with Crippen molar-refractivity contribution in [2.24, 2.45) is 0 Å². The Kier molecular flexibility index (Phi) is 6.61. The number of ether oxygens (including phenoxy) is 2. The summed E-state index contributed by atoms with van der Waals surface area (Å²) in [6.07, 6.45) is -0.809. The fraction of sp³-hybridized carbons (Fsp3) is 0.364. The minimum Gasteiger partial charge on any atom is -0.479 e. The van der Waals surface area contributed by atoms with Gasteiger partial charge in [-0.3, -0.25) is 4.79 Å². The Hall–Kier alpha value is -2.82. The molecule has 0 bridgehead atoms. The van der Waals surface area contributed by atoms with Gasteiger partial charge in [0, 0.05) is 5.69 Å². The van der Waals surface area contributed by atoms with Gasteiger partial charge in [-0.05, 0) is 48.6 Å². The molecular weight excluding hydrogens is 342 g/mol. The summed E-state index contributed by atoms with van der Waals surface area (Å²) >= 11 is 0. The van der Waals surface area contributed by atoms with E-state index in [9.17, 15) is 9.59 Å². The number of carbonyl (C=O) groups is 2. The molecule has 1 N–H and O–H groups in total. The normalized spacial score (nSPS) is 12.2. The summed E-state index contributed by atoms with van der Waals surface area (Å²) in [6.45, 7) is 9.52. The zero-order valence-corrected chi connectivity index (χ0v) is 16.5. The number of nitrogens with one attached hydrogen (secondary N) is 1. The maximum atomic E-state index is 12.1. The highest BCUT2D eigenvalue weighted by molar-refractivity contribution is 5.93. The molecule has 0 spiro atoms. The molecule has 27 heavy (non-hydrogen) atoms. The van der Waals surface area contributed by atoms with Crippen LogP contribution in [-0.4, -0.2) is 24.6 Å². The van der Waals surface area contributed by atoms with E-state index in [1.807, 2.05) is 49.4 Å². The molecule has 0 aromatic heterocycles. The van der Waals surface area contributed by atoms with Gasteiger partial charge < -0.3 is 14.8 Å². The molecule has 2 rings (SSSR count). The number of anilines is 1. The van der Waals surface area contributed by atoms with E-state index in [0.717, 1.165) is 5.56 Å². The fourth-order valence-electron chi connectivity index (χ4n) is 2.44. The van der Waals surface area contributed by atoms with E-state index in [1.54, 1.807) is 13.0 Å². The predicted molar refractivity (Wildman–Crippen MR) is 106 cm³/mol. The van der Waals surface area contributed by atoms with Crippen LogP contribution < -0.4 is 10.1 Å². The van der Waals surface area contributed by atoms with Crippen LogP contribution in [0.25, 0.3) is 0 Å². The number of rotatable bonds is 6. The van der Waals surface area contributed by atoms with Gasteiger partial charge in [0.25, 0.3) is 5.91 Å². The Balaban J connectivity index is 1.83. The fourth-order valence-corrected chi connectivity index (χ4v) is 2.44. The summed E-state index contributed by atoms with van der Waals surface area (Å²) in [7, 11) is 0. The zero-order valence-electron chi connectivity index (χ0n) is 16.5. The van der Waals surface area contributed by atoms with E-state index in [2.05, 4.69) is 26.1 Å². The molecule has 0 aliphatic heterocycles. The first-order valence-electron chi connectivity index (χ1n) is 8.96. The predicted octanol–water partition coefficient (Wildman–Crippen LogP) is 4.24.